The maximum absolute atomic E-state index is 6.56. The third-order valence-corrected chi connectivity index (χ3v) is 14.1. The lowest BCUT2D eigenvalue weighted by atomic mass is 9.87. The van der Waals surface area contributed by atoms with Crippen LogP contribution in [-0.2, 0) is 0 Å². The summed E-state index contributed by atoms with van der Waals surface area (Å²) in [7, 11) is 0. The van der Waals surface area contributed by atoms with Crippen LogP contribution in [0.25, 0.3) is 76.5 Å². The molecule has 0 radical (unpaired) electrons. The molecule has 0 spiro atoms. The van der Waals surface area contributed by atoms with Gasteiger partial charge in [0.1, 0.15) is 11.2 Å². The van der Waals surface area contributed by atoms with Crippen LogP contribution in [-0.4, -0.2) is 0 Å². The van der Waals surface area contributed by atoms with Crippen LogP contribution in [0, 0.1) is 0 Å². The molecule has 0 saturated heterocycles. The molecule has 0 aliphatic carbocycles. The molecule has 0 saturated carbocycles. The number of hydrogen-bond acceptors (Lipinski definition) is 4. The predicted molar refractivity (Wildman–Crippen MR) is 295 cm³/mol. The van der Waals surface area contributed by atoms with Gasteiger partial charge in [0.25, 0.3) is 0 Å². The molecule has 0 amide bonds. The lowest BCUT2D eigenvalue weighted by molar-refractivity contribution is 0.669. The standard InChI is InChI=1S/C66H43N3O/c1-4-19-49(20-5-1)67(50-21-6-2-7-22-50)53-35-39-63-58(42-53)59-43-54(36-40-64(59)70-63)69-61-28-14-18-46-17-12-26-57(65(46)61)66-56-37-31-47(41-48(56)32-38-62(66)69)44-29-33-52(34-30-44)68(51-23-8-3-9-24-51)60-27-13-16-45-15-10-11-25-55(45)60/h1-43H. The van der Waals surface area contributed by atoms with E-state index in [0.717, 1.165) is 73.1 Å². The Labute approximate surface area is 405 Å². The van der Waals surface area contributed by atoms with Gasteiger partial charge in [-0.1, -0.05) is 152 Å². The second-order valence-corrected chi connectivity index (χ2v) is 18.1. The lowest BCUT2D eigenvalue weighted by Gasteiger charge is -2.34. The second-order valence-electron chi connectivity index (χ2n) is 18.1. The summed E-state index contributed by atoms with van der Waals surface area (Å²) in [5, 5.41) is 9.46. The quantitative estimate of drug-likeness (QED) is 0.152. The average Bonchev–Trinajstić information content (AvgIpc) is 3.79. The van der Waals surface area contributed by atoms with Gasteiger partial charge in [-0.2, -0.15) is 0 Å². The average molecular weight is 894 g/mol. The molecule has 0 bridgehead atoms. The highest BCUT2D eigenvalue weighted by Gasteiger charge is 2.28. The van der Waals surface area contributed by atoms with Gasteiger partial charge in [0, 0.05) is 61.2 Å². The molecule has 4 heteroatoms. The Morgan fingerprint density at radius 3 is 1.66 bits per heavy atom. The van der Waals surface area contributed by atoms with Crippen molar-refractivity contribution in [3.8, 4) is 22.3 Å². The highest BCUT2D eigenvalue weighted by Crippen LogP contribution is 2.54. The van der Waals surface area contributed by atoms with Crippen LogP contribution >= 0.6 is 0 Å². The van der Waals surface area contributed by atoms with Gasteiger partial charge in [0.05, 0.1) is 17.1 Å². The summed E-state index contributed by atoms with van der Waals surface area (Å²) < 4.78 is 6.56. The van der Waals surface area contributed by atoms with Crippen molar-refractivity contribution in [2.75, 3.05) is 14.7 Å². The fraction of sp³-hybridized carbons (Fsp3) is 0. The summed E-state index contributed by atoms with van der Waals surface area (Å²) >= 11 is 0. The van der Waals surface area contributed by atoms with Gasteiger partial charge >= 0.3 is 0 Å². The maximum Gasteiger partial charge on any atom is 0.135 e. The molecule has 0 N–H and O–H groups in total. The Balaban J connectivity index is 0.876. The monoisotopic (exact) mass is 893 g/mol. The van der Waals surface area contributed by atoms with Crippen LogP contribution in [0.3, 0.4) is 0 Å². The first-order valence-electron chi connectivity index (χ1n) is 23.9. The van der Waals surface area contributed by atoms with E-state index in [2.05, 4.69) is 276 Å². The largest absolute Gasteiger partial charge is 0.456 e. The van der Waals surface area contributed by atoms with E-state index in [1.54, 1.807) is 0 Å². The molecule has 0 atom stereocenters. The number of para-hydroxylation sites is 3. The SMILES string of the molecule is c1ccc(N(c2ccccc2)c2ccc3oc4ccc(N5c6ccc7cc(-c8ccc(N(c9ccccc9)c9cccc%10ccccc9%10)cc8)ccc7c6-c6cccc7cccc5c67)cc4c3c2)cc1. The van der Waals surface area contributed by atoms with Gasteiger partial charge < -0.3 is 19.1 Å². The van der Waals surface area contributed by atoms with Crippen molar-refractivity contribution in [3.05, 3.63) is 261 Å². The highest BCUT2D eigenvalue weighted by molar-refractivity contribution is 6.20. The first-order valence-corrected chi connectivity index (χ1v) is 23.9. The molecule has 4 nitrogen and oxygen atoms in total. The van der Waals surface area contributed by atoms with E-state index in [4.69, 9.17) is 4.42 Å². The van der Waals surface area contributed by atoms with Crippen molar-refractivity contribution in [3.63, 3.8) is 0 Å². The summed E-state index contributed by atoms with van der Waals surface area (Å²) in [5.41, 5.74) is 16.6. The van der Waals surface area contributed by atoms with Crippen molar-refractivity contribution in [2.45, 2.75) is 0 Å². The van der Waals surface area contributed by atoms with Gasteiger partial charge in [-0.05, 0) is 147 Å². The van der Waals surface area contributed by atoms with Crippen molar-refractivity contribution < 1.29 is 4.42 Å². The highest BCUT2D eigenvalue weighted by atomic mass is 16.3. The zero-order valence-corrected chi connectivity index (χ0v) is 38.1. The molecule has 14 rings (SSSR count). The fourth-order valence-electron chi connectivity index (χ4n) is 10.9. The van der Waals surface area contributed by atoms with Crippen molar-refractivity contribution in [1.82, 2.24) is 0 Å². The molecule has 0 unspecified atom stereocenters. The number of hydrogen-bond donors (Lipinski definition) is 0. The minimum Gasteiger partial charge on any atom is -0.456 e. The van der Waals surface area contributed by atoms with E-state index >= 15 is 0 Å². The molecule has 70 heavy (non-hydrogen) atoms. The van der Waals surface area contributed by atoms with Gasteiger partial charge in [-0.25, -0.2) is 0 Å². The molecule has 13 aromatic rings. The zero-order chi connectivity index (χ0) is 46.1. The molecular formula is C66H43N3O. The van der Waals surface area contributed by atoms with Crippen LogP contribution in [0.5, 0.6) is 0 Å². The molecule has 1 aliphatic rings. The van der Waals surface area contributed by atoms with Crippen LogP contribution in [0.15, 0.2) is 265 Å². The minimum atomic E-state index is 0.859. The van der Waals surface area contributed by atoms with E-state index in [-0.39, 0.29) is 0 Å². The first-order chi connectivity index (χ1) is 34.7. The normalized spacial score (nSPS) is 12.0. The Hall–Kier alpha value is -9.38. The van der Waals surface area contributed by atoms with Crippen molar-refractivity contribution in [2.24, 2.45) is 0 Å². The van der Waals surface area contributed by atoms with E-state index < -0.39 is 0 Å². The molecular weight excluding hydrogens is 851 g/mol. The van der Waals surface area contributed by atoms with Gasteiger partial charge in [0.2, 0.25) is 0 Å². The van der Waals surface area contributed by atoms with Crippen LogP contribution < -0.4 is 14.7 Å². The lowest BCUT2D eigenvalue weighted by Crippen LogP contribution is -2.15. The number of anilines is 9. The first kappa shape index (κ1) is 39.8. The smallest absolute Gasteiger partial charge is 0.135 e. The third kappa shape index (κ3) is 6.46. The number of furan rings is 1. The minimum absolute atomic E-state index is 0.859. The molecule has 2 heterocycles. The third-order valence-electron chi connectivity index (χ3n) is 14.1. The summed E-state index contributed by atoms with van der Waals surface area (Å²) in [6.07, 6.45) is 0. The Morgan fingerprint density at radius 2 is 0.900 bits per heavy atom. The van der Waals surface area contributed by atoms with E-state index in [9.17, 15) is 0 Å². The Morgan fingerprint density at radius 1 is 0.314 bits per heavy atom. The molecule has 328 valence electrons. The van der Waals surface area contributed by atoms with Gasteiger partial charge in [0.15, 0.2) is 0 Å². The molecule has 1 aromatic heterocycles. The number of rotatable bonds is 8. The summed E-state index contributed by atoms with van der Waals surface area (Å²) in [6.45, 7) is 0. The zero-order valence-electron chi connectivity index (χ0n) is 38.1. The molecule has 0 fully saturated rings. The van der Waals surface area contributed by atoms with Crippen molar-refractivity contribution in [1.29, 1.82) is 0 Å². The number of benzene rings is 12. The van der Waals surface area contributed by atoms with Crippen LogP contribution in [0.1, 0.15) is 0 Å². The van der Waals surface area contributed by atoms with Crippen molar-refractivity contribution >= 4 is 105 Å². The van der Waals surface area contributed by atoms with E-state index in [0.29, 0.717) is 0 Å². The molecule has 12 aromatic carbocycles. The number of fused-ring (bicyclic) bond motifs is 8. The molecule has 1 aliphatic heterocycles. The van der Waals surface area contributed by atoms with Crippen LogP contribution in [0.4, 0.5) is 51.2 Å². The second kappa shape index (κ2) is 16.2. The Kier molecular flexibility index (Phi) is 9.17. The van der Waals surface area contributed by atoms with Crippen LogP contribution in [0.2, 0.25) is 0 Å². The summed E-state index contributed by atoms with van der Waals surface area (Å²) in [5.74, 6) is 0. The van der Waals surface area contributed by atoms with E-state index in [1.807, 2.05) is 0 Å². The van der Waals surface area contributed by atoms with E-state index in [1.165, 1.54) is 54.6 Å². The topological polar surface area (TPSA) is 22.9 Å². The maximum atomic E-state index is 6.56. The Bertz CT molecular complexity index is 4080. The van der Waals surface area contributed by atoms with Gasteiger partial charge in [-0.3, -0.25) is 0 Å². The predicted octanol–water partition coefficient (Wildman–Crippen LogP) is 19.1. The fourth-order valence-corrected chi connectivity index (χ4v) is 10.9. The number of nitrogens with zero attached hydrogens (tertiary/aromatic N) is 3. The summed E-state index contributed by atoms with van der Waals surface area (Å²) in [4.78, 5) is 7.12. The summed E-state index contributed by atoms with van der Waals surface area (Å²) in [6, 6.07) is 94.1. The van der Waals surface area contributed by atoms with Gasteiger partial charge in [-0.15, -0.1) is 0 Å².